The Morgan fingerprint density at radius 3 is 2.21 bits per heavy atom. The highest BCUT2D eigenvalue weighted by molar-refractivity contribution is 4.68. The van der Waals surface area contributed by atoms with Gasteiger partial charge in [-0.15, -0.1) is 0 Å². The summed E-state index contributed by atoms with van der Waals surface area (Å²) >= 11 is 0. The van der Waals surface area contributed by atoms with Gasteiger partial charge in [0.15, 0.2) is 6.29 Å². The number of ether oxygens (including phenoxy) is 2. The number of unbranched alkanes of at least 4 members (excludes halogenated alkanes) is 1. The minimum atomic E-state index is 0.0691. The molecule has 0 amide bonds. The normalized spacial score (nSPS) is 18.8. The first-order valence-corrected chi connectivity index (χ1v) is 8.37. The van der Waals surface area contributed by atoms with Crippen LogP contribution in [0.4, 0.5) is 0 Å². The van der Waals surface area contributed by atoms with Crippen molar-refractivity contribution in [3.05, 3.63) is 0 Å². The molecule has 1 aliphatic heterocycles. The van der Waals surface area contributed by atoms with Gasteiger partial charge in [-0.1, -0.05) is 61.3 Å². The zero-order chi connectivity index (χ0) is 15.1. The zero-order valence-corrected chi connectivity index (χ0v) is 14.6. The van der Waals surface area contributed by atoms with E-state index in [1.54, 1.807) is 0 Å². The lowest BCUT2D eigenvalue weighted by atomic mass is 9.88. The third-order valence-electron chi connectivity index (χ3n) is 3.00. The summed E-state index contributed by atoms with van der Waals surface area (Å²) in [5.74, 6) is 0. The summed E-state index contributed by atoms with van der Waals surface area (Å²) in [6.45, 7) is 16.5. The Morgan fingerprint density at radius 1 is 1.11 bits per heavy atom. The Morgan fingerprint density at radius 2 is 1.74 bits per heavy atom. The van der Waals surface area contributed by atoms with Crippen LogP contribution >= 0.6 is 0 Å². The third-order valence-corrected chi connectivity index (χ3v) is 3.00. The molecule has 1 aliphatic rings. The summed E-state index contributed by atoms with van der Waals surface area (Å²) in [5, 5.41) is 0. The van der Waals surface area contributed by atoms with Gasteiger partial charge in [0.2, 0.25) is 0 Å². The van der Waals surface area contributed by atoms with Crippen molar-refractivity contribution in [3.8, 4) is 0 Å². The molecule has 0 aliphatic carbocycles. The van der Waals surface area contributed by atoms with E-state index >= 15 is 0 Å². The summed E-state index contributed by atoms with van der Waals surface area (Å²) in [5.41, 5.74) is 0.302. The van der Waals surface area contributed by atoms with Crippen LogP contribution in [0.15, 0.2) is 0 Å². The summed E-state index contributed by atoms with van der Waals surface area (Å²) in [4.78, 5) is 0. The molecule has 0 saturated carbocycles. The molecule has 0 spiro atoms. The van der Waals surface area contributed by atoms with Gasteiger partial charge in [0.05, 0.1) is 6.61 Å². The van der Waals surface area contributed by atoms with Crippen molar-refractivity contribution in [1.29, 1.82) is 0 Å². The monoisotopic (exact) mass is 274 g/mol. The van der Waals surface area contributed by atoms with Gasteiger partial charge in [0.1, 0.15) is 0 Å². The van der Waals surface area contributed by atoms with Gasteiger partial charge in [-0.05, 0) is 31.1 Å². The van der Waals surface area contributed by atoms with Crippen LogP contribution in [0.1, 0.15) is 87.0 Å². The lowest BCUT2D eigenvalue weighted by molar-refractivity contribution is -0.176. The van der Waals surface area contributed by atoms with Crippen molar-refractivity contribution in [2.24, 2.45) is 5.41 Å². The molecule has 2 nitrogen and oxygen atoms in total. The highest BCUT2D eigenvalue weighted by Crippen LogP contribution is 2.25. The van der Waals surface area contributed by atoms with E-state index in [-0.39, 0.29) is 6.29 Å². The molecule has 1 unspecified atom stereocenters. The molecule has 1 fully saturated rings. The third kappa shape index (κ3) is 12.7. The highest BCUT2D eigenvalue weighted by Gasteiger charge is 2.21. The van der Waals surface area contributed by atoms with E-state index in [2.05, 4.69) is 20.8 Å². The lowest BCUT2D eigenvalue weighted by Gasteiger charge is -2.29. The predicted molar refractivity (Wildman–Crippen MR) is 85.5 cm³/mol. The molecule has 0 bridgehead atoms. The molecule has 0 N–H and O–H groups in total. The summed E-state index contributed by atoms with van der Waals surface area (Å²) < 4.78 is 11.4. The first-order chi connectivity index (χ1) is 9.14. The standard InChI is InChI=1S/C13H26O2.2C2H6/c1-4-5-9-13(2,3)11-15-12-8-6-7-10-14-12;2*1-2/h12H,4-11H2,1-3H3;2*1-2H3. The number of hydrogen-bond donors (Lipinski definition) is 0. The van der Waals surface area contributed by atoms with Gasteiger partial charge in [-0.2, -0.15) is 0 Å². The van der Waals surface area contributed by atoms with Crippen molar-refractivity contribution in [2.45, 2.75) is 93.3 Å². The second kappa shape index (κ2) is 14.3. The molecule has 1 saturated heterocycles. The van der Waals surface area contributed by atoms with Crippen molar-refractivity contribution < 1.29 is 9.47 Å². The molecular formula is C17H38O2. The maximum atomic E-state index is 5.82. The van der Waals surface area contributed by atoms with Crippen LogP contribution in [-0.2, 0) is 9.47 Å². The van der Waals surface area contributed by atoms with Crippen molar-refractivity contribution >= 4 is 0 Å². The minimum Gasteiger partial charge on any atom is -0.353 e. The fourth-order valence-corrected chi connectivity index (χ4v) is 1.89. The molecule has 19 heavy (non-hydrogen) atoms. The molecule has 118 valence electrons. The smallest absolute Gasteiger partial charge is 0.157 e. The van der Waals surface area contributed by atoms with Gasteiger partial charge in [-0.25, -0.2) is 0 Å². The van der Waals surface area contributed by atoms with E-state index in [9.17, 15) is 0 Å². The van der Waals surface area contributed by atoms with Crippen LogP contribution in [0.25, 0.3) is 0 Å². The number of rotatable bonds is 6. The van der Waals surface area contributed by atoms with E-state index in [0.717, 1.165) is 19.6 Å². The molecule has 1 atom stereocenters. The van der Waals surface area contributed by atoms with E-state index < -0.39 is 0 Å². The van der Waals surface area contributed by atoms with Crippen LogP contribution in [-0.4, -0.2) is 19.5 Å². The molecule has 2 heteroatoms. The van der Waals surface area contributed by atoms with Crippen LogP contribution in [0.5, 0.6) is 0 Å². The van der Waals surface area contributed by atoms with Crippen molar-refractivity contribution in [1.82, 2.24) is 0 Å². The average Bonchev–Trinajstić information content (AvgIpc) is 2.48. The maximum absolute atomic E-state index is 5.82. The van der Waals surface area contributed by atoms with Crippen molar-refractivity contribution in [2.75, 3.05) is 13.2 Å². The highest BCUT2D eigenvalue weighted by atomic mass is 16.7. The molecule has 0 radical (unpaired) electrons. The SMILES string of the molecule is CC.CC.CCCCC(C)(C)COC1CCCCO1. The maximum Gasteiger partial charge on any atom is 0.157 e. The molecule has 0 aromatic heterocycles. The van der Waals surface area contributed by atoms with Gasteiger partial charge < -0.3 is 9.47 Å². The largest absolute Gasteiger partial charge is 0.353 e. The first kappa shape index (κ1) is 21.2. The average molecular weight is 274 g/mol. The summed E-state index contributed by atoms with van der Waals surface area (Å²) in [6.07, 6.45) is 7.39. The second-order valence-electron chi connectivity index (χ2n) is 5.37. The van der Waals surface area contributed by atoms with Gasteiger partial charge >= 0.3 is 0 Å². The second-order valence-corrected chi connectivity index (χ2v) is 5.37. The van der Waals surface area contributed by atoms with Crippen LogP contribution in [0.2, 0.25) is 0 Å². The topological polar surface area (TPSA) is 18.5 Å². The zero-order valence-electron chi connectivity index (χ0n) is 14.6. The fourth-order valence-electron chi connectivity index (χ4n) is 1.89. The Kier molecular flexibility index (Phi) is 16.0. The van der Waals surface area contributed by atoms with Crippen LogP contribution in [0, 0.1) is 5.41 Å². The van der Waals surface area contributed by atoms with Crippen LogP contribution < -0.4 is 0 Å². The number of hydrogen-bond acceptors (Lipinski definition) is 2. The fraction of sp³-hybridized carbons (Fsp3) is 1.00. The quantitative estimate of drug-likeness (QED) is 0.609. The molecule has 0 aromatic rings. The lowest BCUT2D eigenvalue weighted by Crippen LogP contribution is -2.28. The van der Waals surface area contributed by atoms with E-state index in [1.165, 1.54) is 32.1 Å². The van der Waals surface area contributed by atoms with E-state index in [4.69, 9.17) is 9.47 Å². The van der Waals surface area contributed by atoms with E-state index in [1.807, 2.05) is 27.7 Å². The summed E-state index contributed by atoms with van der Waals surface area (Å²) in [6, 6.07) is 0. The molecular weight excluding hydrogens is 236 g/mol. The van der Waals surface area contributed by atoms with Crippen LogP contribution in [0.3, 0.4) is 0 Å². The van der Waals surface area contributed by atoms with Gasteiger partial charge in [0, 0.05) is 6.61 Å². The van der Waals surface area contributed by atoms with Gasteiger partial charge in [-0.3, -0.25) is 0 Å². The van der Waals surface area contributed by atoms with E-state index in [0.29, 0.717) is 5.41 Å². The Hall–Kier alpha value is -0.0800. The Balaban J connectivity index is 0. The predicted octanol–water partition coefficient (Wildman–Crippen LogP) is 5.80. The first-order valence-electron chi connectivity index (χ1n) is 8.37. The Bertz CT molecular complexity index is 161. The minimum absolute atomic E-state index is 0.0691. The molecule has 0 aromatic carbocycles. The molecule has 1 rings (SSSR count). The van der Waals surface area contributed by atoms with Crippen molar-refractivity contribution in [3.63, 3.8) is 0 Å². The molecule has 1 heterocycles. The summed E-state index contributed by atoms with van der Waals surface area (Å²) in [7, 11) is 0. The Labute approximate surface area is 122 Å². The van der Waals surface area contributed by atoms with Gasteiger partial charge in [0.25, 0.3) is 0 Å².